The summed E-state index contributed by atoms with van der Waals surface area (Å²) in [5.41, 5.74) is 3.00. The molecule has 0 amide bonds. The van der Waals surface area contributed by atoms with Crippen molar-refractivity contribution >= 4 is 33.3 Å². The van der Waals surface area contributed by atoms with Crippen LogP contribution in [0.1, 0.15) is 5.56 Å². The van der Waals surface area contributed by atoms with Crippen molar-refractivity contribution in [1.29, 1.82) is 5.26 Å². The first-order valence-corrected chi connectivity index (χ1v) is 9.22. The molecule has 6 heteroatoms. The Kier molecular flexibility index (Phi) is 4.84. The van der Waals surface area contributed by atoms with Gasteiger partial charge in [-0.15, -0.1) is 17.9 Å². The molecule has 0 atom stereocenters. The summed E-state index contributed by atoms with van der Waals surface area (Å²) < 4.78 is 1.59. The highest BCUT2D eigenvalue weighted by Gasteiger charge is 2.16. The first kappa shape index (κ1) is 16.5. The number of aromatic nitrogens is 2. The number of benzene rings is 1. The second-order valence-corrected chi connectivity index (χ2v) is 7.04. The summed E-state index contributed by atoms with van der Waals surface area (Å²) >= 11 is 2.73. The molecular weight excluding hydrogens is 338 g/mol. The highest BCUT2D eigenvalue weighted by molar-refractivity contribution is 7.99. The Balaban J connectivity index is 2.23. The molecule has 0 aliphatic rings. The van der Waals surface area contributed by atoms with E-state index >= 15 is 0 Å². The highest BCUT2D eigenvalue weighted by Crippen LogP contribution is 2.32. The Morgan fingerprint density at radius 3 is 2.83 bits per heavy atom. The first-order chi connectivity index (χ1) is 11.7. The molecule has 120 valence electrons. The van der Waals surface area contributed by atoms with Crippen molar-refractivity contribution < 1.29 is 0 Å². The Morgan fingerprint density at radius 2 is 2.17 bits per heavy atom. The van der Waals surface area contributed by atoms with Crippen molar-refractivity contribution in [2.75, 3.05) is 5.75 Å². The van der Waals surface area contributed by atoms with Gasteiger partial charge >= 0.3 is 0 Å². The zero-order valence-corrected chi connectivity index (χ0v) is 14.8. The second kappa shape index (κ2) is 7.04. The minimum absolute atomic E-state index is 0.0860. The number of aryl methyl sites for hydroxylation is 1. The molecule has 3 aromatic rings. The molecule has 0 fully saturated rings. The Labute approximate surface area is 148 Å². The number of nitrogens with zero attached hydrogens (tertiary/aromatic N) is 3. The van der Waals surface area contributed by atoms with Gasteiger partial charge in [-0.3, -0.25) is 9.36 Å². The van der Waals surface area contributed by atoms with Crippen LogP contribution >= 0.6 is 23.1 Å². The monoisotopic (exact) mass is 353 g/mol. The normalized spacial score (nSPS) is 10.7. The fourth-order valence-corrected chi connectivity index (χ4v) is 4.11. The molecule has 0 unspecified atom stereocenters. The Morgan fingerprint density at radius 1 is 1.42 bits per heavy atom. The van der Waals surface area contributed by atoms with Gasteiger partial charge in [-0.1, -0.05) is 47.7 Å². The molecule has 24 heavy (non-hydrogen) atoms. The number of thioether (sulfide) groups is 1. The SMILES string of the molecule is C=CCn1c(SCC#N)nc2scc(-c3ccc(C)cc3)c2c1=O. The van der Waals surface area contributed by atoms with E-state index < -0.39 is 0 Å². The average molecular weight is 353 g/mol. The number of rotatable bonds is 5. The van der Waals surface area contributed by atoms with Crippen molar-refractivity contribution in [3.8, 4) is 17.2 Å². The number of allylic oxidation sites excluding steroid dienone is 1. The number of hydrogen-bond acceptors (Lipinski definition) is 5. The molecule has 0 spiro atoms. The van der Waals surface area contributed by atoms with Gasteiger partial charge < -0.3 is 0 Å². The maximum Gasteiger partial charge on any atom is 0.263 e. The summed E-state index contributed by atoms with van der Waals surface area (Å²) in [6.07, 6.45) is 1.67. The molecule has 0 saturated heterocycles. The lowest BCUT2D eigenvalue weighted by Crippen LogP contribution is -2.22. The van der Waals surface area contributed by atoms with E-state index in [4.69, 9.17) is 5.26 Å². The van der Waals surface area contributed by atoms with Crippen LogP contribution in [0.2, 0.25) is 0 Å². The fourth-order valence-electron chi connectivity index (χ4n) is 2.45. The summed E-state index contributed by atoms with van der Waals surface area (Å²) in [4.78, 5) is 18.3. The second-order valence-electron chi connectivity index (χ2n) is 5.24. The van der Waals surface area contributed by atoms with Crippen molar-refractivity contribution in [2.45, 2.75) is 18.6 Å². The van der Waals surface area contributed by atoms with Crippen molar-refractivity contribution in [1.82, 2.24) is 9.55 Å². The van der Waals surface area contributed by atoms with Crippen LogP contribution in [0.25, 0.3) is 21.3 Å². The van der Waals surface area contributed by atoms with Crippen LogP contribution in [-0.2, 0) is 6.54 Å². The van der Waals surface area contributed by atoms with E-state index in [0.29, 0.717) is 21.9 Å². The molecular formula is C18H15N3OS2. The highest BCUT2D eigenvalue weighted by atomic mass is 32.2. The van der Waals surface area contributed by atoms with Gasteiger partial charge in [0.1, 0.15) is 4.83 Å². The van der Waals surface area contributed by atoms with Crippen LogP contribution in [-0.4, -0.2) is 15.3 Å². The van der Waals surface area contributed by atoms with Crippen LogP contribution in [0.4, 0.5) is 0 Å². The van der Waals surface area contributed by atoms with Gasteiger partial charge in [0.15, 0.2) is 5.16 Å². The van der Waals surface area contributed by atoms with Crippen LogP contribution in [0, 0.1) is 18.3 Å². The minimum atomic E-state index is -0.0860. The van der Waals surface area contributed by atoms with Crippen LogP contribution in [0.3, 0.4) is 0 Å². The van der Waals surface area contributed by atoms with E-state index in [2.05, 4.69) is 17.6 Å². The van der Waals surface area contributed by atoms with E-state index in [1.807, 2.05) is 36.6 Å². The lowest BCUT2D eigenvalue weighted by atomic mass is 10.1. The average Bonchev–Trinajstić information content (AvgIpc) is 3.00. The molecule has 1 aromatic carbocycles. The maximum absolute atomic E-state index is 13.0. The van der Waals surface area contributed by atoms with Gasteiger partial charge in [0.2, 0.25) is 0 Å². The van der Waals surface area contributed by atoms with Crippen LogP contribution in [0.15, 0.2) is 52.3 Å². The molecule has 0 saturated carbocycles. The molecule has 0 N–H and O–H groups in total. The predicted molar refractivity (Wildman–Crippen MR) is 101 cm³/mol. The van der Waals surface area contributed by atoms with Crippen molar-refractivity contribution in [3.05, 3.63) is 58.2 Å². The predicted octanol–water partition coefficient (Wildman–Crippen LogP) is 4.24. The summed E-state index contributed by atoms with van der Waals surface area (Å²) in [6.45, 7) is 6.13. The lowest BCUT2D eigenvalue weighted by Gasteiger charge is -2.09. The molecule has 2 heterocycles. The van der Waals surface area contributed by atoms with Crippen LogP contribution in [0.5, 0.6) is 0 Å². The molecule has 0 bridgehead atoms. The lowest BCUT2D eigenvalue weighted by molar-refractivity contribution is 0.673. The smallest absolute Gasteiger partial charge is 0.263 e. The summed E-state index contributed by atoms with van der Waals surface area (Å²) in [5, 5.41) is 12.0. The minimum Gasteiger partial charge on any atom is -0.283 e. The van der Waals surface area contributed by atoms with E-state index in [0.717, 1.165) is 11.1 Å². The van der Waals surface area contributed by atoms with Gasteiger partial charge in [0, 0.05) is 17.5 Å². The third-order valence-electron chi connectivity index (χ3n) is 3.60. The molecule has 0 aliphatic heterocycles. The quantitative estimate of drug-likeness (QED) is 0.391. The molecule has 0 radical (unpaired) electrons. The maximum atomic E-state index is 13.0. The van der Waals surface area contributed by atoms with E-state index in [1.54, 1.807) is 10.6 Å². The number of fused-ring (bicyclic) bond motifs is 1. The van der Waals surface area contributed by atoms with E-state index in [1.165, 1.54) is 28.7 Å². The van der Waals surface area contributed by atoms with Crippen molar-refractivity contribution in [3.63, 3.8) is 0 Å². The van der Waals surface area contributed by atoms with Crippen molar-refractivity contribution in [2.24, 2.45) is 0 Å². The fraction of sp³-hybridized carbons (Fsp3) is 0.167. The zero-order chi connectivity index (χ0) is 17.1. The largest absolute Gasteiger partial charge is 0.283 e. The summed E-state index contributed by atoms with van der Waals surface area (Å²) in [7, 11) is 0. The van der Waals surface area contributed by atoms with Gasteiger partial charge in [-0.05, 0) is 12.5 Å². The van der Waals surface area contributed by atoms with E-state index in [-0.39, 0.29) is 11.3 Å². The third kappa shape index (κ3) is 3.01. The van der Waals surface area contributed by atoms with Gasteiger partial charge in [0.05, 0.1) is 17.2 Å². The van der Waals surface area contributed by atoms with Gasteiger partial charge in [0.25, 0.3) is 5.56 Å². The first-order valence-electron chi connectivity index (χ1n) is 7.35. The number of hydrogen-bond donors (Lipinski definition) is 0. The Hall–Kier alpha value is -2.36. The van der Waals surface area contributed by atoms with Gasteiger partial charge in [-0.2, -0.15) is 5.26 Å². The summed E-state index contributed by atoms with van der Waals surface area (Å²) in [6, 6.07) is 10.2. The molecule has 0 aliphatic carbocycles. The topological polar surface area (TPSA) is 58.7 Å². The molecule has 4 nitrogen and oxygen atoms in total. The molecule has 3 rings (SSSR count). The third-order valence-corrected chi connectivity index (χ3v) is 5.31. The standard InChI is InChI=1S/C18H15N3OS2/c1-3-9-21-17(22)15-14(13-6-4-12(2)5-7-13)11-24-16(15)20-18(21)23-10-8-19/h3-7,11H,1,9-10H2,2H3. The van der Waals surface area contributed by atoms with Crippen LogP contribution < -0.4 is 5.56 Å². The number of thiophene rings is 1. The Bertz CT molecular complexity index is 994. The van der Waals surface area contributed by atoms with Gasteiger partial charge in [-0.25, -0.2) is 4.98 Å². The number of nitriles is 1. The van der Waals surface area contributed by atoms with E-state index in [9.17, 15) is 4.79 Å². The summed E-state index contributed by atoms with van der Waals surface area (Å²) in [5.74, 6) is 0.255. The zero-order valence-electron chi connectivity index (χ0n) is 13.2. The molecule has 2 aromatic heterocycles.